The molecule has 0 bridgehead atoms. The third-order valence-electron chi connectivity index (χ3n) is 5.45. The smallest absolute Gasteiger partial charge is 0.194 e. The lowest BCUT2D eigenvalue weighted by molar-refractivity contribution is -0.00805. The zero-order valence-electron chi connectivity index (χ0n) is 17.8. The number of aryl methyl sites for hydroxylation is 1. The van der Waals surface area contributed by atoms with Crippen molar-refractivity contribution in [3.05, 3.63) is 41.9 Å². The third kappa shape index (κ3) is 5.63. The number of hydrogen-bond donors (Lipinski definition) is 1. The fraction of sp³-hybridized carbons (Fsp3) is 0.571. The van der Waals surface area contributed by atoms with Crippen LogP contribution in [0.2, 0.25) is 0 Å². The van der Waals surface area contributed by atoms with Crippen LogP contribution in [-0.4, -0.2) is 65.0 Å². The number of nitrogens with zero attached hydrogens (tertiary/aromatic N) is 6. The number of rotatable bonds is 5. The number of morpholine rings is 1. The summed E-state index contributed by atoms with van der Waals surface area (Å²) < 4.78 is 7.80. The van der Waals surface area contributed by atoms with Crippen molar-refractivity contribution in [1.82, 2.24) is 25.0 Å². The van der Waals surface area contributed by atoms with Gasteiger partial charge in [-0.2, -0.15) is 5.10 Å². The number of nitrogens with one attached hydrogen (secondary N) is 1. The Bertz CT molecular complexity index is 834. The molecule has 4 rings (SSSR count). The van der Waals surface area contributed by atoms with Crippen molar-refractivity contribution in [3.63, 3.8) is 0 Å². The average molecular weight is 525 g/mol. The van der Waals surface area contributed by atoms with E-state index < -0.39 is 0 Å². The van der Waals surface area contributed by atoms with Crippen LogP contribution in [0.5, 0.6) is 0 Å². The van der Waals surface area contributed by atoms with Crippen molar-refractivity contribution >= 4 is 35.8 Å². The topological polar surface area (TPSA) is 70.8 Å². The van der Waals surface area contributed by atoms with Crippen molar-refractivity contribution in [1.29, 1.82) is 0 Å². The van der Waals surface area contributed by atoms with Gasteiger partial charge < -0.3 is 19.9 Å². The number of guanidine groups is 1. The van der Waals surface area contributed by atoms with Gasteiger partial charge >= 0.3 is 0 Å². The van der Waals surface area contributed by atoms with E-state index in [-0.39, 0.29) is 30.1 Å². The lowest BCUT2D eigenvalue weighted by Crippen LogP contribution is -2.48. The second kappa shape index (κ2) is 10.9. The SMILES string of the molecule is CCNC(=NCc1ccnc(N2CCCC2)c1)N1CCOC(c2cnn(C)c2)C1.I. The predicted molar refractivity (Wildman–Crippen MR) is 129 cm³/mol. The first-order chi connectivity index (χ1) is 14.2. The molecule has 2 aliphatic rings. The molecule has 0 amide bonds. The maximum atomic E-state index is 5.98. The molecule has 8 nitrogen and oxygen atoms in total. The summed E-state index contributed by atoms with van der Waals surface area (Å²) in [6, 6.07) is 4.24. The van der Waals surface area contributed by atoms with Crippen molar-refractivity contribution in [2.45, 2.75) is 32.4 Å². The van der Waals surface area contributed by atoms with Gasteiger partial charge in [-0.15, -0.1) is 24.0 Å². The van der Waals surface area contributed by atoms with Gasteiger partial charge in [-0.25, -0.2) is 9.98 Å². The first kappa shape index (κ1) is 22.8. The van der Waals surface area contributed by atoms with Gasteiger partial charge in [-0.1, -0.05) is 0 Å². The molecule has 1 N–H and O–H groups in total. The van der Waals surface area contributed by atoms with Crippen LogP contribution in [0.3, 0.4) is 0 Å². The first-order valence-corrected chi connectivity index (χ1v) is 10.6. The Kier molecular flexibility index (Phi) is 8.32. The Morgan fingerprint density at radius 1 is 1.30 bits per heavy atom. The van der Waals surface area contributed by atoms with Crippen LogP contribution in [0.15, 0.2) is 35.7 Å². The molecule has 2 aliphatic heterocycles. The highest BCUT2D eigenvalue weighted by Crippen LogP contribution is 2.22. The summed E-state index contributed by atoms with van der Waals surface area (Å²) in [4.78, 5) is 14.1. The minimum atomic E-state index is 0. The molecule has 30 heavy (non-hydrogen) atoms. The van der Waals surface area contributed by atoms with Crippen molar-refractivity contribution in [2.75, 3.05) is 44.2 Å². The maximum Gasteiger partial charge on any atom is 0.194 e. The molecule has 0 radical (unpaired) electrons. The molecule has 2 aromatic rings. The summed E-state index contributed by atoms with van der Waals surface area (Å²) in [7, 11) is 1.93. The van der Waals surface area contributed by atoms with Crippen LogP contribution in [0.1, 0.15) is 37.0 Å². The average Bonchev–Trinajstić information content (AvgIpc) is 3.43. The number of pyridine rings is 1. The van der Waals surface area contributed by atoms with Crippen LogP contribution in [0, 0.1) is 0 Å². The molecule has 2 saturated heterocycles. The molecule has 2 aromatic heterocycles. The molecule has 2 fully saturated rings. The van der Waals surface area contributed by atoms with Gasteiger partial charge in [0.1, 0.15) is 11.9 Å². The second-order valence-corrected chi connectivity index (χ2v) is 7.64. The Hall–Kier alpha value is -1.88. The second-order valence-electron chi connectivity index (χ2n) is 7.64. The highest BCUT2D eigenvalue weighted by Gasteiger charge is 2.25. The van der Waals surface area contributed by atoms with E-state index in [1.807, 2.05) is 30.3 Å². The quantitative estimate of drug-likeness (QED) is 0.368. The summed E-state index contributed by atoms with van der Waals surface area (Å²) >= 11 is 0. The van der Waals surface area contributed by atoms with E-state index >= 15 is 0 Å². The number of ether oxygens (including phenoxy) is 1. The lowest BCUT2D eigenvalue weighted by Gasteiger charge is -2.34. The van der Waals surface area contributed by atoms with Crippen LogP contribution in [0.4, 0.5) is 5.82 Å². The molecule has 0 aliphatic carbocycles. The van der Waals surface area contributed by atoms with E-state index in [0.717, 1.165) is 50.1 Å². The molecule has 9 heteroatoms. The van der Waals surface area contributed by atoms with E-state index in [1.165, 1.54) is 18.4 Å². The third-order valence-corrected chi connectivity index (χ3v) is 5.45. The minimum Gasteiger partial charge on any atom is -0.370 e. The Morgan fingerprint density at radius 2 is 2.13 bits per heavy atom. The van der Waals surface area contributed by atoms with Gasteiger partial charge in [0.2, 0.25) is 0 Å². The molecule has 1 unspecified atom stereocenters. The molecule has 1 atom stereocenters. The largest absolute Gasteiger partial charge is 0.370 e. The summed E-state index contributed by atoms with van der Waals surface area (Å²) in [6.07, 6.45) is 8.33. The Morgan fingerprint density at radius 3 is 2.87 bits per heavy atom. The number of aromatic nitrogens is 3. The van der Waals surface area contributed by atoms with Gasteiger partial charge in [0.05, 0.1) is 25.9 Å². The van der Waals surface area contributed by atoms with E-state index in [0.29, 0.717) is 13.2 Å². The van der Waals surface area contributed by atoms with Gasteiger partial charge in [-0.3, -0.25) is 4.68 Å². The molecule has 0 spiro atoms. The number of anilines is 1. The summed E-state index contributed by atoms with van der Waals surface area (Å²) in [5.74, 6) is 2.01. The zero-order chi connectivity index (χ0) is 20.1. The Labute approximate surface area is 195 Å². The first-order valence-electron chi connectivity index (χ1n) is 10.6. The zero-order valence-corrected chi connectivity index (χ0v) is 20.2. The summed E-state index contributed by atoms with van der Waals surface area (Å²) in [6.45, 7) is 8.07. The molecule has 4 heterocycles. The number of hydrogen-bond acceptors (Lipinski definition) is 5. The van der Waals surface area contributed by atoms with E-state index in [4.69, 9.17) is 9.73 Å². The van der Waals surface area contributed by atoms with E-state index in [9.17, 15) is 0 Å². The lowest BCUT2D eigenvalue weighted by atomic mass is 10.1. The van der Waals surface area contributed by atoms with Crippen LogP contribution < -0.4 is 10.2 Å². The summed E-state index contributed by atoms with van der Waals surface area (Å²) in [5.41, 5.74) is 2.30. The predicted octanol–water partition coefficient (Wildman–Crippen LogP) is 2.57. The molecule has 0 aromatic carbocycles. The molecule has 0 saturated carbocycles. The monoisotopic (exact) mass is 525 g/mol. The van der Waals surface area contributed by atoms with Crippen molar-refractivity contribution < 1.29 is 4.74 Å². The highest BCUT2D eigenvalue weighted by atomic mass is 127. The van der Waals surface area contributed by atoms with Crippen LogP contribution in [-0.2, 0) is 18.3 Å². The van der Waals surface area contributed by atoms with E-state index in [2.05, 4.69) is 44.3 Å². The number of aliphatic imine (C=N–C) groups is 1. The molecular weight excluding hydrogens is 493 g/mol. The van der Waals surface area contributed by atoms with Gasteiger partial charge in [0, 0.05) is 51.2 Å². The fourth-order valence-corrected chi connectivity index (χ4v) is 3.92. The standard InChI is InChI=1S/C21H31N7O.HI/c1-3-22-21(28-10-11-29-19(16-28)18-14-25-26(2)15-18)24-13-17-6-7-23-20(12-17)27-8-4-5-9-27;/h6-7,12,14-15,19H,3-5,8-11,13,16H2,1-2H3,(H,22,24);1H. The van der Waals surface area contributed by atoms with Crippen LogP contribution >= 0.6 is 24.0 Å². The van der Waals surface area contributed by atoms with E-state index in [1.54, 1.807) is 0 Å². The highest BCUT2D eigenvalue weighted by molar-refractivity contribution is 14.0. The van der Waals surface area contributed by atoms with Gasteiger partial charge in [0.25, 0.3) is 0 Å². The minimum absolute atomic E-state index is 0. The van der Waals surface area contributed by atoms with Gasteiger partial charge in [-0.05, 0) is 37.5 Å². The molecular formula is C21H32IN7O. The van der Waals surface area contributed by atoms with Crippen molar-refractivity contribution in [2.24, 2.45) is 12.0 Å². The normalized spacial score (nSPS) is 19.7. The summed E-state index contributed by atoms with van der Waals surface area (Å²) in [5, 5.41) is 7.72. The fourth-order valence-electron chi connectivity index (χ4n) is 3.92. The van der Waals surface area contributed by atoms with Crippen LogP contribution in [0.25, 0.3) is 0 Å². The number of halogens is 1. The molecule has 164 valence electrons. The Balaban J connectivity index is 0.00000256. The maximum absolute atomic E-state index is 5.98. The van der Waals surface area contributed by atoms with Gasteiger partial charge in [0.15, 0.2) is 5.96 Å². The van der Waals surface area contributed by atoms with Crippen molar-refractivity contribution in [3.8, 4) is 0 Å².